The average Bonchev–Trinajstić information content (AvgIpc) is 2.60. The zero-order chi connectivity index (χ0) is 15.4. The van der Waals surface area contributed by atoms with Crippen LogP contribution in [0.25, 0.3) is 0 Å². The molecule has 1 aromatic carbocycles. The van der Waals surface area contributed by atoms with Crippen LogP contribution in [0.5, 0.6) is 11.5 Å². The molecule has 4 heteroatoms. The number of carbonyl (C=O) groups is 1. The first kappa shape index (κ1) is 14.9. The van der Waals surface area contributed by atoms with Gasteiger partial charge in [0.1, 0.15) is 13.2 Å². The Balaban J connectivity index is 1.75. The average molecular weight is 301 g/mol. The Bertz CT molecular complexity index is 567. The summed E-state index contributed by atoms with van der Waals surface area (Å²) in [6.45, 7) is 4.48. The van der Waals surface area contributed by atoms with Gasteiger partial charge in [-0.15, -0.1) is 0 Å². The molecule has 0 saturated heterocycles. The van der Waals surface area contributed by atoms with Gasteiger partial charge in [-0.3, -0.25) is 4.79 Å². The number of para-hydroxylation sites is 1. The first-order valence-corrected chi connectivity index (χ1v) is 8.11. The van der Waals surface area contributed by atoms with Crippen LogP contribution in [0, 0.1) is 5.92 Å². The van der Waals surface area contributed by atoms with Crippen molar-refractivity contribution in [2.75, 3.05) is 19.8 Å². The lowest BCUT2D eigenvalue weighted by atomic mass is 9.93. The minimum Gasteiger partial charge on any atom is -0.486 e. The van der Waals surface area contributed by atoms with E-state index in [2.05, 4.69) is 12.2 Å². The van der Waals surface area contributed by atoms with Crippen molar-refractivity contribution in [3.05, 3.63) is 35.9 Å². The van der Waals surface area contributed by atoms with Crippen LogP contribution >= 0.6 is 0 Å². The van der Waals surface area contributed by atoms with E-state index in [-0.39, 0.29) is 11.8 Å². The first-order valence-electron chi connectivity index (χ1n) is 8.11. The molecule has 0 saturated carbocycles. The molecular weight excluding hydrogens is 278 g/mol. The third kappa shape index (κ3) is 3.11. The van der Waals surface area contributed by atoms with Crippen LogP contribution in [0.1, 0.15) is 31.7 Å². The van der Waals surface area contributed by atoms with Gasteiger partial charge in [-0.2, -0.15) is 0 Å². The van der Waals surface area contributed by atoms with Crippen LogP contribution in [-0.4, -0.2) is 30.6 Å². The highest BCUT2D eigenvalue weighted by molar-refractivity contribution is 5.79. The minimum atomic E-state index is 0.127. The molecule has 1 aliphatic heterocycles. The summed E-state index contributed by atoms with van der Waals surface area (Å²) >= 11 is 0. The van der Waals surface area contributed by atoms with E-state index >= 15 is 0 Å². The van der Waals surface area contributed by atoms with E-state index in [0.29, 0.717) is 26.3 Å². The maximum atomic E-state index is 12.7. The number of rotatable bonds is 4. The summed E-state index contributed by atoms with van der Waals surface area (Å²) in [6, 6.07) is 5.90. The maximum Gasteiger partial charge on any atom is 0.226 e. The number of hydrogen-bond donors (Lipinski definition) is 0. The molecule has 4 nitrogen and oxygen atoms in total. The van der Waals surface area contributed by atoms with Crippen molar-refractivity contribution in [1.82, 2.24) is 4.90 Å². The second kappa shape index (κ2) is 6.86. The fraction of sp³-hybridized carbons (Fsp3) is 0.500. The van der Waals surface area contributed by atoms with Crippen molar-refractivity contribution in [3.63, 3.8) is 0 Å². The number of carbonyl (C=O) groups excluding carboxylic acids is 1. The SMILES string of the molecule is CCN(Cc1cccc2c1OCCO2)C(=O)[C@H]1CC=CCC1. The van der Waals surface area contributed by atoms with Crippen molar-refractivity contribution >= 4 is 5.91 Å². The van der Waals surface area contributed by atoms with E-state index in [0.717, 1.165) is 36.3 Å². The molecule has 0 fully saturated rings. The number of ether oxygens (including phenoxy) is 2. The van der Waals surface area contributed by atoms with Crippen molar-refractivity contribution in [1.29, 1.82) is 0 Å². The Kier molecular flexibility index (Phi) is 4.66. The van der Waals surface area contributed by atoms with E-state index in [1.54, 1.807) is 0 Å². The first-order chi connectivity index (χ1) is 10.8. The Morgan fingerprint density at radius 2 is 2.14 bits per heavy atom. The van der Waals surface area contributed by atoms with Crippen LogP contribution in [-0.2, 0) is 11.3 Å². The van der Waals surface area contributed by atoms with Crippen molar-refractivity contribution in [3.8, 4) is 11.5 Å². The largest absolute Gasteiger partial charge is 0.486 e. The summed E-state index contributed by atoms with van der Waals surface area (Å²) in [5.41, 5.74) is 1.03. The number of nitrogens with zero attached hydrogens (tertiary/aromatic N) is 1. The molecule has 0 bridgehead atoms. The van der Waals surface area contributed by atoms with Gasteiger partial charge in [0.2, 0.25) is 5.91 Å². The van der Waals surface area contributed by atoms with E-state index < -0.39 is 0 Å². The number of amides is 1. The van der Waals surface area contributed by atoms with Gasteiger partial charge in [0, 0.05) is 24.6 Å². The van der Waals surface area contributed by atoms with Crippen LogP contribution < -0.4 is 9.47 Å². The molecule has 1 heterocycles. The normalized spacial score (nSPS) is 19.8. The van der Waals surface area contributed by atoms with Crippen molar-refractivity contribution < 1.29 is 14.3 Å². The summed E-state index contributed by atoms with van der Waals surface area (Å²) in [4.78, 5) is 14.6. The molecule has 0 unspecified atom stereocenters. The van der Waals surface area contributed by atoms with E-state index in [1.165, 1.54) is 0 Å². The van der Waals surface area contributed by atoms with E-state index in [9.17, 15) is 4.79 Å². The molecule has 118 valence electrons. The lowest BCUT2D eigenvalue weighted by Gasteiger charge is -2.28. The zero-order valence-electron chi connectivity index (χ0n) is 13.1. The molecular formula is C18H23NO3. The second-order valence-corrected chi connectivity index (χ2v) is 5.78. The molecule has 0 radical (unpaired) electrons. The van der Waals surface area contributed by atoms with Gasteiger partial charge in [0.15, 0.2) is 11.5 Å². The molecule has 22 heavy (non-hydrogen) atoms. The van der Waals surface area contributed by atoms with E-state index in [4.69, 9.17) is 9.47 Å². The van der Waals surface area contributed by atoms with Crippen LogP contribution in [0.3, 0.4) is 0 Å². The maximum absolute atomic E-state index is 12.7. The molecule has 0 aromatic heterocycles. The number of benzene rings is 1. The second-order valence-electron chi connectivity index (χ2n) is 5.78. The van der Waals surface area contributed by atoms with E-state index in [1.807, 2.05) is 30.0 Å². The molecule has 1 aromatic rings. The lowest BCUT2D eigenvalue weighted by molar-refractivity contribution is -0.136. The van der Waals surface area contributed by atoms with Crippen molar-refractivity contribution in [2.45, 2.75) is 32.7 Å². The number of fused-ring (bicyclic) bond motifs is 1. The Morgan fingerprint density at radius 1 is 1.27 bits per heavy atom. The highest BCUT2D eigenvalue weighted by Gasteiger charge is 2.25. The summed E-state index contributed by atoms with van der Waals surface area (Å²) in [5, 5.41) is 0. The smallest absolute Gasteiger partial charge is 0.226 e. The Labute approximate surface area is 131 Å². The molecule has 1 aliphatic carbocycles. The fourth-order valence-corrected chi connectivity index (χ4v) is 3.09. The standard InChI is InChI=1S/C18H23NO3/c1-2-19(18(20)14-7-4-3-5-8-14)13-15-9-6-10-16-17(15)22-12-11-21-16/h3-4,6,9-10,14H,2,5,7-8,11-13H2,1H3/t14-/m0/s1. The quantitative estimate of drug-likeness (QED) is 0.802. The minimum absolute atomic E-state index is 0.127. The van der Waals surface area contributed by atoms with Gasteiger partial charge in [-0.25, -0.2) is 0 Å². The third-order valence-electron chi connectivity index (χ3n) is 4.32. The summed E-state index contributed by atoms with van der Waals surface area (Å²) in [7, 11) is 0. The highest BCUT2D eigenvalue weighted by Crippen LogP contribution is 2.34. The third-order valence-corrected chi connectivity index (χ3v) is 4.32. The number of allylic oxidation sites excluding steroid dienone is 2. The Morgan fingerprint density at radius 3 is 2.91 bits per heavy atom. The molecule has 1 amide bonds. The van der Waals surface area contributed by atoms with Gasteiger partial charge in [0.05, 0.1) is 0 Å². The monoisotopic (exact) mass is 301 g/mol. The molecule has 2 aliphatic rings. The topological polar surface area (TPSA) is 38.8 Å². The highest BCUT2D eigenvalue weighted by atomic mass is 16.6. The van der Waals surface area contributed by atoms with Gasteiger partial charge < -0.3 is 14.4 Å². The van der Waals surface area contributed by atoms with Gasteiger partial charge >= 0.3 is 0 Å². The Hall–Kier alpha value is -1.97. The van der Waals surface area contributed by atoms with Crippen LogP contribution in [0.2, 0.25) is 0 Å². The summed E-state index contributed by atoms with van der Waals surface area (Å²) < 4.78 is 11.4. The van der Waals surface area contributed by atoms with Gasteiger partial charge in [-0.05, 0) is 32.3 Å². The molecule has 1 atom stereocenters. The zero-order valence-corrected chi connectivity index (χ0v) is 13.1. The van der Waals surface area contributed by atoms with Crippen molar-refractivity contribution in [2.24, 2.45) is 5.92 Å². The molecule has 0 spiro atoms. The summed E-state index contributed by atoms with van der Waals surface area (Å²) in [5.74, 6) is 1.96. The number of hydrogen-bond acceptors (Lipinski definition) is 3. The fourth-order valence-electron chi connectivity index (χ4n) is 3.09. The molecule has 3 rings (SSSR count). The lowest BCUT2D eigenvalue weighted by Crippen LogP contribution is -2.36. The van der Waals surface area contributed by atoms with Gasteiger partial charge in [0.25, 0.3) is 0 Å². The van der Waals surface area contributed by atoms with Crippen LogP contribution in [0.15, 0.2) is 30.4 Å². The molecule has 0 N–H and O–H groups in total. The summed E-state index contributed by atoms with van der Waals surface area (Å²) in [6.07, 6.45) is 7.12. The van der Waals surface area contributed by atoms with Crippen LogP contribution in [0.4, 0.5) is 0 Å². The van der Waals surface area contributed by atoms with Gasteiger partial charge in [-0.1, -0.05) is 24.3 Å². The predicted molar refractivity (Wildman–Crippen MR) is 85.0 cm³/mol. The predicted octanol–water partition coefficient (Wildman–Crippen LogP) is 3.16.